The van der Waals surface area contributed by atoms with E-state index in [2.05, 4.69) is 34.6 Å². The highest BCUT2D eigenvalue weighted by molar-refractivity contribution is 6.06. The molecule has 3 aromatic rings. The number of H-pyrrole nitrogens is 1. The van der Waals surface area contributed by atoms with Crippen LogP contribution >= 0.6 is 0 Å². The van der Waals surface area contributed by atoms with Crippen LogP contribution in [0.25, 0.3) is 0 Å². The first-order valence-corrected chi connectivity index (χ1v) is 12.1. The molecule has 3 aliphatic rings. The predicted molar refractivity (Wildman–Crippen MR) is 130 cm³/mol. The van der Waals surface area contributed by atoms with Crippen molar-refractivity contribution < 1.29 is 9.90 Å². The Labute approximate surface area is 194 Å². The minimum absolute atomic E-state index is 0.00967. The summed E-state index contributed by atoms with van der Waals surface area (Å²) in [5.41, 5.74) is 6.20. The molecule has 33 heavy (non-hydrogen) atoms. The summed E-state index contributed by atoms with van der Waals surface area (Å²) in [6.07, 6.45) is 3.04. The van der Waals surface area contributed by atoms with E-state index < -0.39 is 5.60 Å². The van der Waals surface area contributed by atoms with Crippen molar-refractivity contribution in [2.45, 2.75) is 56.6 Å². The van der Waals surface area contributed by atoms with Crippen LogP contribution in [0.4, 0.5) is 5.69 Å². The number of carbonyl (C=O) groups excluding carboxylic acids is 1. The molecule has 0 radical (unpaired) electrons. The number of benzene rings is 2. The van der Waals surface area contributed by atoms with Gasteiger partial charge in [0.1, 0.15) is 5.69 Å². The van der Waals surface area contributed by atoms with Crippen LogP contribution < -0.4 is 10.2 Å². The highest BCUT2D eigenvalue weighted by Gasteiger charge is 2.63. The van der Waals surface area contributed by atoms with Crippen molar-refractivity contribution in [1.82, 2.24) is 10.3 Å². The van der Waals surface area contributed by atoms with Gasteiger partial charge in [-0.15, -0.1) is 0 Å². The fourth-order valence-electron chi connectivity index (χ4n) is 6.86. The van der Waals surface area contributed by atoms with Gasteiger partial charge in [0.15, 0.2) is 0 Å². The molecular formula is C28H31N3O2. The van der Waals surface area contributed by atoms with Crippen molar-refractivity contribution in [3.8, 4) is 0 Å². The van der Waals surface area contributed by atoms with Crippen molar-refractivity contribution in [3.63, 3.8) is 0 Å². The fourth-order valence-corrected chi connectivity index (χ4v) is 6.86. The average Bonchev–Trinajstić information content (AvgIpc) is 3.13. The number of carbonyl (C=O) groups is 1. The number of hydrogen-bond donors (Lipinski definition) is 3. The summed E-state index contributed by atoms with van der Waals surface area (Å²) in [6.45, 7) is 5.53. The number of hydrogen-bond acceptors (Lipinski definition) is 3. The lowest BCUT2D eigenvalue weighted by Crippen LogP contribution is -2.73. The van der Waals surface area contributed by atoms with Crippen molar-refractivity contribution in [2.24, 2.45) is 0 Å². The first-order chi connectivity index (χ1) is 16.0. The SMILES string of the molecule is CCN(C(=O)c1[nH]c2c(c1C)C[C@@]1(O)[C@@H]3Cc4ccccc4[C@@]1(CCN3)C2)c1ccccc1. The third-order valence-electron chi connectivity index (χ3n) is 8.54. The zero-order valence-electron chi connectivity index (χ0n) is 19.3. The molecular weight excluding hydrogens is 410 g/mol. The fraction of sp³-hybridized carbons (Fsp3) is 0.393. The van der Waals surface area contributed by atoms with Crippen LogP contribution in [-0.2, 0) is 24.7 Å². The summed E-state index contributed by atoms with van der Waals surface area (Å²) in [4.78, 5) is 19.0. The smallest absolute Gasteiger partial charge is 0.274 e. The van der Waals surface area contributed by atoms with Gasteiger partial charge in [0.05, 0.1) is 5.60 Å². The van der Waals surface area contributed by atoms with Gasteiger partial charge in [-0.2, -0.15) is 0 Å². The second-order valence-electron chi connectivity index (χ2n) is 9.94. The van der Waals surface area contributed by atoms with Crippen molar-refractivity contribution in [2.75, 3.05) is 18.0 Å². The van der Waals surface area contributed by atoms with Gasteiger partial charge in [0, 0.05) is 42.2 Å². The minimum Gasteiger partial charge on any atom is -0.387 e. The van der Waals surface area contributed by atoms with Crippen LogP contribution in [0.15, 0.2) is 54.6 Å². The second kappa shape index (κ2) is 7.31. The largest absolute Gasteiger partial charge is 0.387 e. The molecule has 170 valence electrons. The van der Waals surface area contributed by atoms with Crippen LogP contribution in [0.1, 0.15) is 51.8 Å². The topological polar surface area (TPSA) is 68.4 Å². The van der Waals surface area contributed by atoms with Gasteiger partial charge in [-0.05, 0) is 67.6 Å². The molecule has 1 aliphatic heterocycles. The number of fused-ring (bicyclic) bond motifs is 2. The predicted octanol–water partition coefficient (Wildman–Crippen LogP) is 3.68. The number of anilines is 1. The molecule has 0 unspecified atom stereocenters. The van der Waals surface area contributed by atoms with E-state index in [0.717, 1.165) is 48.3 Å². The van der Waals surface area contributed by atoms with Crippen LogP contribution in [0.5, 0.6) is 0 Å². The van der Waals surface area contributed by atoms with E-state index in [9.17, 15) is 9.90 Å². The lowest BCUT2D eigenvalue weighted by Gasteiger charge is -2.60. The van der Waals surface area contributed by atoms with E-state index in [0.29, 0.717) is 18.7 Å². The first kappa shape index (κ1) is 20.7. The Morgan fingerprint density at radius 2 is 1.88 bits per heavy atom. The number of nitrogens with zero attached hydrogens (tertiary/aromatic N) is 1. The number of rotatable bonds is 3. The van der Waals surface area contributed by atoms with Crippen LogP contribution in [0, 0.1) is 6.92 Å². The van der Waals surface area contributed by atoms with Crippen LogP contribution in [0.3, 0.4) is 0 Å². The molecule has 2 heterocycles. The highest BCUT2D eigenvalue weighted by Crippen LogP contribution is 2.55. The third kappa shape index (κ3) is 2.76. The Morgan fingerprint density at radius 1 is 1.12 bits per heavy atom. The van der Waals surface area contributed by atoms with Gasteiger partial charge in [0.2, 0.25) is 0 Å². The highest BCUT2D eigenvalue weighted by atomic mass is 16.3. The molecule has 1 aromatic heterocycles. The molecule has 0 saturated carbocycles. The lowest BCUT2D eigenvalue weighted by molar-refractivity contribution is -0.106. The molecule has 5 heteroatoms. The normalized spacial score (nSPS) is 27.3. The molecule has 1 fully saturated rings. The standard InChI is InChI=1S/C28H31N3O2/c1-3-31(20-10-5-4-6-11-20)26(32)25-18(2)21-16-28(33)24-15-19-9-7-8-12-22(19)27(28,13-14-29-24)17-23(21)30-25/h4-12,24,29-30,33H,3,13-17H2,1-2H3/t24-,27+,28+/m0/s1. The monoisotopic (exact) mass is 441 g/mol. The molecule has 3 N–H and O–H groups in total. The molecule has 1 amide bonds. The molecule has 2 aromatic carbocycles. The maximum atomic E-state index is 13.7. The Kier molecular flexibility index (Phi) is 4.58. The van der Waals surface area contributed by atoms with Gasteiger partial charge in [-0.1, -0.05) is 42.5 Å². The van der Waals surface area contributed by atoms with Crippen LogP contribution in [-0.4, -0.2) is 40.7 Å². The summed E-state index contributed by atoms with van der Waals surface area (Å²) < 4.78 is 0. The van der Waals surface area contributed by atoms with Gasteiger partial charge in [0.25, 0.3) is 5.91 Å². The zero-order valence-corrected chi connectivity index (χ0v) is 19.3. The Hall–Kier alpha value is -2.89. The van der Waals surface area contributed by atoms with Crippen molar-refractivity contribution in [3.05, 3.63) is 88.2 Å². The Balaban J connectivity index is 1.45. The lowest BCUT2D eigenvalue weighted by atomic mass is 9.50. The number of para-hydroxylation sites is 1. The number of nitrogens with one attached hydrogen (secondary N) is 2. The molecule has 2 aliphatic carbocycles. The Bertz CT molecular complexity index is 1230. The molecule has 5 nitrogen and oxygen atoms in total. The van der Waals surface area contributed by atoms with E-state index in [-0.39, 0.29) is 17.4 Å². The van der Waals surface area contributed by atoms with Gasteiger partial charge < -0.3 is 20.3 Å². The zero-order chi connectivity index (χ0) is 22.8. The van der Waals surface area contributed by atoms with E-state index in [1.54, 1.807) is 0 Å². The summed E-state index contributed by atoms with van der Waals surface area (Å²) in [6, 6.07) is 18.5. The molecule has 1 saturated heterocycles. The van der Waals surface area contributed by atoms with E-state index in [1.165, 1.54) is 11.1 Å². The molecule has 0 spiro atoms. The first-order valence-electron chi connectivity index (χ1n) is 12.1. The van der Waals surface area contributed by atoms with Crippen molar-refractivity contribution >= 4 is 11.6 Å². The summed E-state index contributed by atoms with van der Waals surface area (Å²) >= 11 is 0. The van der Waals surface area contributed by atoms with E-state index in [4.69, 9.17) is 0 Å². The third-order valence-corrected chi connectivity index (χ3v) is 8.54. The number of aromatic nitrogens is 1. The van der Waals surface area contributed by atoms with Crippen molar-refractivity contribution in [1.29, 1.82) is 0 Å². The van der Waals surface area contributed by atoms with Gasteiger partial charge >= 0.3 is 0 Å². The number of aromatic amines is 1. The number of aliphatic hydroxyl groups is 1. The van der Waals surface area contributed by atoms with Crippen LogP contribution in [0.2, 0.25) is 0 Å². The van der Waals surface area contributed by atoms with Gasteiger partial charge in [-0.25, -0.2) is 0 Å². The average molecular weight is 442 g/mol. The number of piperidine rings is 1. The maximum Gasteiger partial charge on any atom is 0.274 e. The molecule has 2 bridgehead atoms. The maximum absolute atomic E-state index is 13.7. The second-order valence-corrected chi connectivity index (χ2v) is 9.94. The number of amides is 1. The van der Waals surface area contributed by atoms with Gasteiger partial charge in [-0.3, -0.25) is 4.79 Å². The minimum atomic E-state index is -0.857. The van der Waals surface area contributed by atoms with E-state index in [1.807, 2.05) is 49.1 Å². The summed E-state index contributed by atoms with van der Waals surface area (Å²) in [5.74, 6) is -0.00967. The quantitative estimate of drug-likeness (QED) is 0.581. The molecule has 6 rings (SSSR count). The molecule has 3 atom stereocenters. The Morgan fingerprint density at radius 3 is 2.67 bits per heavy atom. The van der Waals surface area contributed by atoms with E-state index >= 15 is 0 Å². The summed E-state index contributed by atoms with van der Waals surface area (Å²) in [7, 11) is 0. The summed E-state index contributed by atoms with van der Waals surface area (Å²) in [5, 5.41) is 15.9.